The molecule has 2 unspecified atom stereocenters. The van der Waals surface area contributed by atoms with Gasteiger partial charge in [0.15, 0.2) is 0 Å². The zero-order valence-electron chi connectivity index (χ0n) is 21.4. The number of carbonyl (C=O) groups excluding carboxylic acids is 1. The van der Waals surface area contributed by atoms with Crippen molar-refractivity contribution in [3.05, 3.63) is 53.6 Å². The number of aliphatic carboxylic acids is 1. The van der Waals surface area contributed by atoms with Gasteiger partial charge in [-0.3, -0.25) is 14.5 Å². The van der Waals surface area contributed by atoms with Crippen LogP contribution in [0.5, 0.6) is 0 Å². The molecule has 33 heavy (non-hydrogen) atoms. The van der Waals surface area contributed by atoms with E-state index in [1.54, 1.807) is 18.7 Å². The van der Waals surface area contributed by atoms with Gasteiger partial charge in [0, 0.05) is 20.0 Å². The first-order valence-electron chi connectivity index (χ1n) is 11.9. The highest BCUT2D eigenvalue weighted by atomic mass is 16.4. The van der Waals surface area contributed by atoms with Crippen LogP contribution in [0.3, 0.4) is 0 Å². The molecule has 0 heterocycles. The quantitative estimate of drug-likeness (QED) is 0.440. The number of para-hydroxylation sites is 1. The van der Waals surface area contributed by atoms with Gasteiger partial charge in [-0.2, -0.15) is 0 Å². The Hall–Kier alpha value is -2.82. The molecule has 0 aromatic heterocycles. The number of hydrogen-bond acceptors (Lipinski definition) is 3. The van der Waals surface area contributed by atoms with Crippen molar-refractivity contribution in [3.63, 3.8) is 0 Å². The molecule has 1 N–H and O–H groups in total. The molecule has 2 rings (SSSR count). The van der Waals surface area contributed by atoms with E-state index in [1.807, 2.05) is 50.2 Å². The van der Waals surface area contributed by atoms with Crippen LogP contribution < -0.4 is 9.80 Å². The van der Waals surface area contributed by atoms with Gasteiger partial charge in [0.1, 0.15) is 0 Å². The number of anilines is 3. The van der Waals surface area contributed by atoms with E-state index in [0.717, 1.165) is 41.3 Å². The Morgan fingerprint density at radius 2 is 1.42 bits per heavy atom. The lowest BCUT2D eigenvalue weighted by Crippen LogP contribution is -2.34. The van der Waals surface area contributed by atoms with Gasteiger partial charge >= 0.3 is 5.97 Å². The zero-order chi connectivity index (χ0) is 24.9. The van der Waals surface area contributed by atoms with Crippen LogP contribution >= 0.6 is 0 Å². The molecular formula is C28H40N2O3. The van der Waals surface area contributed by atoms with Gasteiger partial charge in [-0.15, -0.1) is 0 Å². The first-order valence-corrected chi connectivity index (χ1v) is 11.9. The Kier molecular flexibility index (Phi) is 9.09. The second-order valence-corrected chi connectivity index (χ2v) is 10.00. The van der Waals surface area contributed by atoms with Gasteiger partial charge in [0.2, 0.25) is 5.91 Å². The Morgan fingerprint density at radius 1 is 0.848 bits per heavy atom. The van der Waals surface area contributed by atoms with Crippen molar-refractivity contribution in [2.45, 2.75) is 61.3 Å². The van der Waals surface area contributed by atoms with E-state index in [2.05, 4.69) is 38.7 Å². The SMILES string of the molecule is CC(=O)N(c1ccccc1C)c1cc(C(C)C(C)C(=O)O)ccc1N(CC(C)C)CC(C)C. The number of nitrogens with zero attached hydrogens (tertiary/aromatic N) is 2. The number of amides is 1. The molecule has 2 aromatic carbocycles. The maximum atomic E-state index is 13.1. The minimum absolute atomic E-state index is 0.0734. The predicted molar refractivity (Wildman–Crippen MR) is 138 cm³/mol. The highest BCUT2D eigenvalue weighted by Crippen LogP contribution is 2.40. The number of hydrogen-bond donors (Lipinski definition) is 1. The maximum Gasteiger partial charge on any atom is 0.306 e. The normalized spacial score (nSPS) is 13.2. The topological polar surface area (TPSA) is 60.9 Å². The number of carboxylic acid groups (broad SMARTS) is 1. The Bertz CT molecular complexity index is 957. The summed E-state index contributed by atoms with van der Waals surface area (Å²) in [5, 5.41) is 9.56. The number of benzene rings is 2. The van der Waals surface area contributed by atoms with Crippen molar-refractivity contribution < 1.29 is 14.7 Å². The minimum atomic E-state index is -0.823. The summed E-state index contributed by atoms with van der Waals surface area (Å²) in [4.78, 5) is 28.8. The summed E-state index contributed by atoms with van der Waals surface area (Å²) in [6.07, 6.45) is 0. The van der Waals surface area contributed by atoms with E-state index in [1.165, 1.54) is 0 Å². The standard InChI is InChI=1S/C28H40N2O3/c1-18(2)16-29(17-19(3)4)26-14-13-24(21(6)22(7)28(32)33)15-27(26)30(23(8)31)25-12-10-9-11-20(25)5/h9-15,18-19,21-22H,16-17H2,1-8H3,(H,32,33). The van der Waals surface area contributed by atoms with Crippen LogP contribution in [0.1, 0.15) is 65.5 Å². The van der Waals surface area contributed by atoms with E-state index < -0.39 is 11.9 Å². The Labute approximate surface area is 199 Å². The number of rotatable bonds is 10. The summed E-state index contributed by atoms with van der Waals surface area (Å²) >= 11 is 0. The second-order valence-electron chi connectivity index (χ2n) is 10.00. The largest absolute Gasteiger partial charge is 0.481 e. The van der Waals surface area contributed by atoms with E-state index in [0.29, 0.717) is 11.8 Å². The highest BCUT2D eigenvalue weighted by molar-refractivity contribution is 6.03. The van der Waals surface area contributed by atoms with Crippen LogP contribution in [0.4, 0.5) is 17.1 Å². The van der Waals surface area contributed by atoms with Crippen LogP contribution in [-0.4, -0.2) is 30.1 Å². The van der Waals surface area contributed by atoms with Crippen molar-refractivity contribution in [2.24, 2.45) is 17.8 Å². The molecule has 2 aromatic rings. The molecule has 0 saturated heterocycles. The van der Waals surface area contributed by atoms with Crippen molar-refractivity contribution >= 4 is 28.9 Å². The molecular weight excluding hydrogens is 412 g/mol. The van der Waals surface area contributed by atoms with Crippen molar-refractivity contribution in [2.75, 3.05) is 22.9 Å². The van der Waals surface area contributed by atoms with Crippen LogP contribution in [-0.2, 0) is 9.59 Å². The first kappa shape index (κ1) is 26.4. The first-order chi connectivity index (χ1) is 15.4. The summed E-state index contributed by atoms with van der Waals surface area (Å²) < 4.78 is 0. The van der Waals surface area contributed by atoms with Crippen molar-refractivity contribution in [3.8, 4) is 0 Å². The Balaban J connectivity index is 2.77. The molecule has 0 aliphatic carbocycles. The molecule has 0 spiro atoms. The highest BCUT2D eigenvalue weighted by Gasteiger charge is 2.27. The molecule has 0 radical (unpaired) electrons. The summed E-state index contributed by atoms with van der Waals surface area (Å²) in [6.45, 7) is 17.8. The van der Waals surface area contributed by atoms with E-state index >= 15 is 0 Å². The predicted octanol–water partition coefficient (Wildman–Crippen LogP) is 6.62. The lowest BCUT2D eigenvalue weighted by Gasteiger charge is -2.34. The van der Waals surface area contributed by atoms with Crippen LogP contribution in [0.25, 0.3) is 0 Å². The van der Waals surface area contributed by atoms with Crippen molar-refractivity contribution in [1.29, 1.82) is 0 Å². The van der Waals surface area contributed by atoms with Crippen LogP contribution in [0.2, 0.25) is 0 Å². The Morgan fingerprint density at radius 3 is 1.91 bits per heavy atom. The molecule has 180 valence electrons. The average Bonchev–Trinajstić information content (AvgIpc) is 2.72. The molecule has 0 aliphatic rings. The van der Waals surface area contributed by atoms with Gasteiger partial charge in [-0.1, -0.05) is 65.8 Å². The average molecular weight is 453 g/mol. The van der Waals surface area contributed by atoms with E-state index in [-0.39, 0.29) is 11.8 Å². The molecule has 0 fully saturated rings. The molecule has 0 saturated carbocycles. The van der Waals surface area contributed by atoms with E-state index in [9.17, 15) is 14.7 Å². The molecule has 2 atom stereocenters. The summed E-state index contributed by atoms with van der Waals surface area (Å²) in [5.41, 5.74) is 4.57. The number of aryl methyl sites for hydroxylation is 1. The summed E-state index contributed by atoms with van der Waals surface area (Å²) in [6, 6.07) is 14.0. The lowest BCUT2D eigenvalue weighted by atomic mass is 9.88. The molecule has 5 nitrogen and oxygen atoms in total. The number of carbonyl (C=O) groups is 2. The van der Waals surface area contributed by atoms with Gasteiger partial charge in [-0.25, -0.2) is 0 Å². The van der Waals surface area contributed by atoms with E-state index in [4.69, 9.17) is 0 Å². The van der Waals surface area contributed by atoms with Crippen LogP contribution in [0, 0.1) is 24.7 Å². The fourth-order valence-electron chi connectivity index (χ4n) is 4.21. The fourth-order valence-corrected chi connectivity index (χ4v) is 4.21. The smallest absolute Gasteiger partial charge is 0.306 e. The summed E-state index contributed by atoms with van der Waals surface area (Å²) in [7, 11) is 0. The van der Waals surface area contributed by atoms with Crippen molar-refractivity contribution in [1.82, 2.24) is 0 Å². The monoisotopic (exact) mass is 452 g/mol. The second kappa shape index (κ2) is 11.4. The lowest BCUT2D eigenvalue weighted by molar-refractivity contribution is -0.141. The minimum Gasteiger partial charge on any atom is -0.481 e. The third-order valence-corrected chi connectivity index (χ3v) is 6.09. The molecule has 0 bridgehead atoms. The third kappa shape index (κ3) is 6.59. The summed E-state index contributed by atoms with van der Waals surface area (Å²) in [5.74, 6) is -0.717. The van der Waals surface area contributed by atoms with Crippen LogP contribution in [0.15, 0.2) is 42.5 Å². The third-order valence-electron chi connectivity index (χ3n) is 6.09. The fraction of sp³-hybridized carbons (Fsp3) is 0.500. The van der Waals surface area contributed by atoms with Gasteiger partial charge in [0.25, 0.3) is 0 Å². The molecule has 0 aliphatic heterocycles. The molecule has 1 amide bonds. The zero-order valence-corrected chi connectivity index (χ0v) is 21.4. The molecule has 5 heteroatoms. The maximum absolute atomic E-state index is 13.1. The number of carboxylic acids is 1. The van der Waals surface area contributed by atoms with Gasteiger partial charge in [-0.05, 0) is 54.0 Å². The van der Waals surface area contributed by atoms with Gasteiger partial charge < -0.3 is 10.0 Å². The van der Waals surface area contributed by atoms with Gasteiger partial charge in [0.05, 0.1) is 23.0 Å².